The van der Waals surface area contributed by atoms with E-state index in [0.717, 1.165) is 11.4 Å². The van der Waals surface area contributed by atoms with E-state index in [1.54, 1.807) is 24.4 Å². The molecule has 1 fully saturated rings. The lowest BCUT2D eigenvalue weighted by Crippen LogP contribution is -2.49. The summed E-state index contributed by atoms with van der Waals surface area (Å²) in [6.45, 7) is 2.68. The van der Waals surface area contributed by atoms with E-state index in [-0.39, 0.29) is 5.91 Å². The number of nitrogens with zero attached hydrogens (tertiary/aromatic N) is 4. The Morgan fingerprint density at radius 3 is 2.69 bits per heavy atom. The fourth-order valence-corrected chi connectivity index (χ4v) is 3.40. The number of carbonyl (C=O) groups excluding carboxylic acids is 1. The standard InChI is InChI=1S/C19H18Cl2N4O/c20-16-3-1-2-15(19(16)21)4-5-18(26)25-10-8-24(9-11-25)17-12-14(13-22)6-7-23-17/h1-3,6-7,12H,4-5,8-11H2. The van der Waals surface area contributed by atoms with Crippen molar-refractivity contribution in [3.63, 3.8) is 0 Å². The van der Waals surface area contributed by atoms with Crippen LogP contribution in [0.3, 0.4) is 0 Å². The second-order valence-corrected chi connectivity index (χ2v) is 6.88. The molecule has 1 aliphatic heterocycles. The number of rotatable bonds is 4. The van der Waals surface area contributed by atoms with Gasteiger partial charge in [0, 0.05) is 38.8 Å². The summed E-state index contributed by atoms with van der Waals surface area (Å²) < 4.78 is 0. The summed E-state index contributed by atoms with van der Waals surface area (Å²) in [6, 6.07) is 11.1. The van der Waals surface area contributed by atoms with Crippen molar-refractivity contribution >= 4 is 34.9 Å². The molecular weight excluding hydrogens is 371 g/mol. The lowest BCUT2D eigenvalue weighted by atomic mass is 10.1. The highest BCUT2D eigenvalue weighted by atomic mass is 35.5. The van der Waals surface area contributed by atoms with Crippen LogP contribution in [0.5, 0.6) is 0 Å². The number of nitriles is 1. The highest BCUT2D eigenvalue weighted by Gasteiger charge is 2.22. The summed E-state index contributed by atoms with van der Waals surface area (Å²) in [6.07, 6.45) is 2.62. The molecule has 7 heteroatoms. The van der Waals surface area contributed by atoms with Crippen LogP contribution < -0.4 is 4.90 Å². The van der Waals surface area contributed by atoms with Gasteiger partial charge >= 0.3 is 0 Å². The van der Waals surface area contributed by atoms with Crippen molar-refractivity contribution in [1.29, 1.82) is 5.26 Å². The number of carbonyl (C=O) groups is 1. The molecule has 5 nitrogen and oxygen atoms in total. The number of piperazine rings is 1. The van der Waals surface area contributed by atoms with E-state index in [4.69, 9.17) is 28.5 Å². The Morgan fingerprint density at radius 1 is 1.19 bits per heavy atom. The van der Waals surface area contributed by atoms with Crippen molar-refractivity contribution in [3.05, 3.63) is 57.7 Å². The second-order valence-electron chi connectivity index (χ2n) is 6.10. The molecule has 0 N–H and O–H groups in total. The number of hydrogen-bond donors (Lipinski definition) is 0. The van der Waals surface area contributed by atoms with Crippen molar-refractivity contribution in [2.75, 3.05) is 31.1 Å². The van der Waals surface area contributed by atoms with Crippen LogP contribution >= 0.6 is 23.2 Å². The van der Waals surface area contributed by atoms with E-state index in [2.05, 4.69) is 16.0 Å². The molecule has 0 unspecified atom stereocenters. The summed E-state index contributed by atoms with van der Waals surface area (Å²) >= 11 is 12.2. The van der Waals surface area contributed by atoms with Gasteiger partial charge in [0.25, 0.3) is 0 Å². The predicted octanol–water partition coefficient (Wildman–Crippen LogP) is 3.54. The Bertz CT molecular complexity index is 842. The molecule has 1 aromatic carbocycles. The quantitative estimate of drug-likeness (QED) is 0.803. The number of aryl methyl sites for hydroxylation is 1. The van der Waals surface area contributed by atoms with Crippen LogP contribution in [0, 0.1) is 11.3 Å². The highest BCUT2D eigenvalue weighted by Crippen LogP contribution is 2.26. The monoisotopic (exact) mass is 388 g/mol. The number of halogens is 2. The largest absolute Gasteiger partial charge is 0.353 e. The van der Waals surface area contributed by atoms with Crippen molar-refractivity contribution in [2.45, 2.75) is 12.8 Å². The van der Waals surface area contributed by atoms with Crippen molar-refractivity contribution in [1.82, 2.24) is 9.88 Å². The van der Waals surface area contributed by atoms with Gasteiger partial charge in [0.1, 0.15) is 5.82 Å². The molecule has 2 heterocycles. The highest BCUT2D eigenvalue weighted by molar-refractivity contribution is 6.42. The van der Waals surface area contributed by atoms with Crippen LogP contribution in [-0.4, -0.2) is 42.0 Å². The third kappa shape index (κ3) is 4.27. The maximum Gasteiger partial charge on any atom is 0.223 e. The molecule has 0 saturated carbocycles. The van der Waals surface area contributed by atoms with Crippen LogP contribution in [0.1, 0.15) is 17.5 Å². The summed E-state index contributed by atoms with van der Waals surface area (Å²) in [7, 11) is 0. The average Bonchev–Trinajstić information content (AvgIpc) is 2.69. The van der Waals surface area contributed by atoms with Gasteiger partial charge in [-0.2, -0.15) is 5.26 Å². The summed E-state index contributed by atoms with van der Waals surface area (Å²) in [5.41, 5.74) is 1.48. The normalized spacial score (nSPS) is 14.2. The fourth-order valence-electron chi connectivity index (χ4n) is 2.99. The van der Waals surface area contributed by atoms with Gasteiger partial charge in [-0.15, -0.1) is 0 Å². The van der Waals surface area contributed by atoms with Crippen LogP contribution in [-0.2, 0) is 11.2 Å². The summed E-state index contributed by atoms with van der Waals surface area (Å²) in [5, 5.41) is 10.0. The zero-order valence-electron chi connectivity index (χ0n) is 14.2. The average molecular weight is 389 g/mol. The van der Waals surface area contributed by atoms with Gasteiger partial charge in [0.2, 0.25) is 5.91 Å². The fraction of sp³-hybridized carbons (Fsp3) is 0.316. The van der Waals surface area contributed by atoms with Crippen LogP contribution in [0.25, 0.3) is 0 Å². The zero-order chi connectivity index (χ0) is 18.5. The van der Waals surface area contributed by atoms with Gasteiger partial charge < -0.3 is 9.80 Å². The first-order valence-electron chi connectivity index (χ1n) is 8.40. The number of anilines is 1. The molecule has 134 valence electrons. The van der Waals surface area contributed by atoms with E-state index in [1.165, 1.54) is 0 Å². The molecular formula is C19H18Cl2N4O. The van der Waals surface area contributed by atoms with Gasteiger partial charge in [-0.1, -0.05) is 35.3 Å². The molecule has 1 amide bonds. The molecule has 1 aliphatic rings. The summed E-state index contributed by atoms with van der Waals surface area (Å²) in [5.74, 6) is 0.890. The van der Waals surface area contributed by atoms with Gasteiger partial charge in [-0.25, -0.2) is 4.98 Å². The molecule has 0 bridgehead atoms. The van der Waals surface area contributed by atoms with Crippen LogP contribution in [0.2, 0.25) is 10.0 Å². The number of hydrogen-bond acceptors (Lipinski definition) is 4. The van der Waals surface area contributed by atoms with Gasteiger partial charge in [0.15, 0.2) is 0 Å². The Labute approximate surface area is 162 Å². The molecule has 1 aromatic heterocycles. The van der Waals surface area contributed by atoms with Crippen molar-refractivity contribution < 1.29 is 4.79 Å². The second kappa shape index (κ2) is 8.39. The molecule has 1 saturated heterocycles. The zero-order valence-corrected chi connectivity index (χ0v) is 15.7. The Hall–Kier alpha value is -2.29. The van der Waals surface area contributed by atoms with Gasteiger partial charge in [0.05, 0.1) is 21.7 Å². The lowest BCUT2D eigenvalue weighted by molar-refractivity contribution is -0.131. The van der Waals surface area contributed by atoms with E-state index in [1.807, 2.05) is 17.0 Å². The minimum absolute atomic E-state index is 0.111. The summed E-state index contributed by atoms with van der Waals surface area (Å²) in [4.78, 5) is 20.8. The first kappa shape index (κ1) is 18.5. The van der Waals surface area contributed by atoms with Crippen LogP contribution in [0.15, 0.2) is 36.5 Å². The number of amides is 1. The Morgan fingerprint density at radius 2 is 1.96 bits per heavy atom. The van der Waals surface area contributed by atoms with E-state index >= 15 is 0 Å². The van der Waals surface area contributed by atoms with Crippen molar-refractivity contribution in [2.24, 2.45) is 0 Å². The van der Waals surface area contributed by atoms with Crippen LogP contribution in [0.4, 0.5) is 5.82 Å². The molecule has 3 rings (SSSR count). The molecule has 2 aromatic rings. The van der Waals surface area contributed by atoms with Gasteiger partial charge in [-0.05, 0) is 30.2 Å². The third-order valence-electron chi connectivity index (χ3n) is 4.47. The molecule has 0 aliphatic carbocycles. The number of benzene rings is 1. The van der Waals surface area contributed by atoms with Gasteiger partial charge in [-0.3, -0.25) is 4.79 Å². The van der Waals surface area contributed by atoms with E-state index < -0.39 is 0 Å². The lowest BCUT2D eigenvalue weighted by Gasteiger charge is -2.35. The SMILES string of the molecule is N#Cc1ccnc(N2CCN(C(=O)CCc3cccc(Cl)c3Cl)CC2)c1. The molecule has 0 spiro atoms. The van der Waals surface area contributed by atoms with Crippen molar-refractivity contribution in [3.8, 4) is 6.07 Å². The predicted molar refractivity (Wildman–Crippen MR) is 103 cm³/mol. The minimum atomic E-state index is 0.111. The Balaban J connectivity index is 1.53. The smallest absolute Gasteiger partial charge is 0.223 e. The molecule has 0 atom stereocenters. The number of pyridine rings is 1. The topological polar surface area (TPSA) is 60.2 Å². The first-order chi connectivity index (χ1) is 12.6. The first-order valence-corrected chi connectivity index (χ1v) is 9.16. The number of aromatic nitrogens is 1. The van der Waals surface area contributed by atoms with E-state index in [9.17, 15) is 4.79 Å². The third-order valence-corrected chi connectivity index (χ3v) is 5.33. The van der Waals surface area contributed by atoms with E-state index in [0.29, 0.717) is 54.6 Å². The Kier molecular flexibility index (Phi) is 5.97. The molecule has 0 radical (unpaired) electrons. The minimum Gasteiger partial charge on any atom is -0.353 e. The molecule has 26 heavy (non-hydrogen) atoms. The maximum atomic E-state index is 12.5. The maximum absolute atomic E-state index is 12.5.